The number of rotatable bonds is 3. The molecule has 2 aromatic rings. The summed E-state index contributed by atoms with van der Waals surface area (Å²) in [6.07, 6.45) is 5.90. The Labute approximate surface area is 141 Å². The number of aryl methyl sites for hydroxylation is 1. The first kappa shape index (κ1) is 15.6. The van der Waals surface area contributed by atoms with E-state index in [9.17, 15) is 5.11 Å². The smallest absolute Gasteiger partial charge is 0.259 e. The van der Waals surface area contributed by atoms with Gasteiger partial charge in [0.1, 0.15) is 5.82 Å². The number of nitrogens with zero attached hydrogens (tertiary/aromatic N) is 4. The van der Waals surface area contributed by atoms with Crippen LogP contribution in [-0.2, 0) is 0 Å². The molecule has 128 valence electrons. The summed E-state index contributed by atoms with van der Waals surface area (Å²) in [6, 6.07) is 3.99. The summed E-state index contributed by atoms with van der Waals surface area (Å²) in [5, 5.41) is 14.8. The number of anilines is 1. The second-order valence-electron chi connectivity index (χ2n) is 7.17. The van der Waals surface area contributed by atoms with E-state index in [1.165, 1.54) is 6.42 Å². The molecule has 2 aliphatic rings. The molecule has 3 atom stereocenters. The molecule has 0 radical (unpaired) electrons. The molecule has 6 nitrogen and oxygen atoms in total. The Morgan fingerprint density at radius 1 is 1.38 bits per heavy atom. The van der Waals surface area contributed by atoms with Crippen LogP contribution < -0.4 is 4.90 Å². The Morgan fingerprint density at radius 2 is 2.25 bits per heavy atom. The van der Waals surface area contributed by atoms with Gasteiger partial charge in [-0.3, -0.25) is 0 Å². The number of pyridine rings is 1. The van der Waals surface area contributed by atoms with Crippen LogP contribution in [-0.4, -0.2) is 38.9 Å². The van der Waals surface area contributed by atoms with Gasteiger partial charge in [0, 0.05) is 25.2 Å². The molecule has 0 unspecified atom stereocenters. The van der Waals surface area contributed by atoms with Crippen molar-refractivity contribution in [3.63, 3.8) is 0 Å². The molecule has 1 saturated heterocycles. The first-order chi connectivity index (χ1) is 11.6. The number of hydrogen-bond donors (Lipinski definition) is 1. The van der Waals surface area contributed by atoms with Crippen molar-refractivity contribution < 1.29 is 9.63 Å². The first-order valence-electron chi connectivity index (χ1n) is 8.83. The van der Waals surface area contributed by atoms with Gasteiger partial charge in [0.05, 0.1) is 11.2 Å². The fourth-order valence-corrected chi connectivity index (χ4v) is 4.37. The summed E-state index contributed by atoms with van der Waals surface area (Å²) in [7, 11) is 0. The zero-order valence-corrected chi connectivity index (χ0v) is 14.3. The van der Waals surface area contributed by atoms with Crippen molar-refractivity contribution in [2.45, 2.75) is 45.1 Å². The lowest BCUT2D eigenvalue weighted by molar-refractivity contribution is -0.0597. The normalized spacial score (nSPS) is 29.7. The van der Waals surface area contributed by atoms with Crippen molar-refractivity contribution in [2.75, 3.05) is 18.0 Å². The van der Waals surface area contributed by atoms with Crippen molar-refractivity contribution in [3.05, 3.63) is 24.2 Å². The van der Waals surface area contributed by atoms with E-state index in [1.54, 1.807) is 13.1 Å². The quantitative estimate of drug-likeness (QED) is 0.934. The largest absolute Gasteiger partial charge is 0.390 e. The molecular weight excluding hydrogens is 304 g/mol. The summed E-state index contributed by atoms with van der Waals surface area (Å²) < 4.78 is 5.19. The lowest BCUT2D eigenvalue weighted by Gasteiger charge is -2.40. The molecule has 1 N–H and O–H groups in total. The van der Waals surface area contributed by atoms with Crippen molar-refractivity contribution in [3.8, 4) is 11.5 Å². The van der Waals surface area contributed by atoms with E-state index >= 15 is 0 Å². The van der Waals surface area contributed by atoms with E-state index in [4.69, 9.17) is 4.52 Å². The molecule has 24 heavy (non-hydrogen) atoms. The second kappa shape index (κ2) is 5.84. The lowest BCUT2D eigenvalue weighted by atomic mass is 9.69. The van der Waals surface area contributed by atoms with Gasteiger partial charge in [-0.25, -0.2) is 4.98 Å². The summed E-state index contributed by atoms with van der Waals surface area (Å²) in [4.78, 5) is 11.1. The third-order valence-corrected chi connectivity index (χ3v) is 5.77. The Hall–Kier alpha value is -1.95. The third kappa shape index (κ3) is 2.59. The van der Waals surface area contributed by atoms with E-state index in [0.717, 1.165) is 43.7 Å². The molecule has 2 aromatic heterocycles. The molecule has 1 aliphatic carbocycles. The number of aliphatic hydroxyl groups is 1. The Bertz CT molecular complexity index is 714. The molecule has 6 heteroatoms. The minimum atomic E-state index is -0.501. The zero-order chi connectivity index (χ0) is 16.7. The highest BCUT2D eigenvalue weighted by atomic mass is 16.5. The molecule has 3 heterocycles. The fraction of sp³-hybridized carbons (Fsp3) is 0.611. The van der Waals surface area contributed by atoms with Crippen LogP contribution in [0.3, 0.4) is 0 Å². The maximum absolute atomic E-state index is 10.9. The molecule has 1 aliphatic heterocycles. The fourth-order valence-electron chi connectivity index (χ4n) is 4.37. The van der Waals surface area contributed by atoms with E-state index in [1.807, 2.05) is 12.1 Å². The van der Waals surface area contributed by atoms with Crippen LogP contribution in [0, 0.1) is 18.8 Å². The van der Waals surface area contributed by atoms with Crippen LogP contribution in [0.15, 0.2) is 22.9 Å². The van der Waals surface area contributed by atoms with Crippen LogP contribution in [0.1, 0.15) is 38.4 Å². The molecule has 0 amide bonds. The minimum absolute atomic E-state index is 0.358. The lowest BCUT2D eigenvalue weighted by Crippen LogP contribution is -2.44. The van der Waals surface area contributed by atoms with Gasteiger partial charge in [-0.2, -0.15) is 4.98 Å². The maximum atomic E-state index is 10.9. The predicted octanol–water partition coefficient (Wildman–Crippen LogP) is 2.82. The van der Waals surface area contributed by atoms with Crippen molar-refractivity contribution in [2.24, 2.45) is 11.8 Å². The van der Waals surface area contributed by atoms with Gasteiger partial charge in [-0.1, -0.05) is 18.5 Å². The molecular formula is C18H24N4O2. The van der Waals surface area contributed by atoms with Crippen molar-refractivity contribution in [1.29, 1.82) is 0 Å². The first-order valence-corrected chi connectivity index (χ1v) is 8.83. The number of fused-ring (bicyclic) bond motifs is 1. The minimum Gasteiger partial charge on any atom is -0.390 e. The highest BCUT2D eigenvalue weighted by Crippen LogP contribution is 2.45. The summed E-state index contributed by atoms with van der Waals surface area (Å²) in [5.41, 5.74) is 0.333. The molecule has 0 bridgehead atoms. The van der Waals surface area contributed by atoms with E-state index < -0.39 is 5.60 Å². The van der Waals surface area contributed by atoms with Crippen molar-refractivity contribution in [1.82, 2.24) is 15.1 Å². The standard InChI is InChI=1S/C18H24N4O2/c1-3-18(23)8-4-5-14-10-22(11-15(14)18)16-7-6-13(9-19-16)17-20-12(2)21-24-17/h6-7,9,14-15,23H,3-5,8,10-11H2,1-2H3/t14-,15+,18-/m0/s1. The molecule has 1 saturated carbocycles. The zero-order valence-electron chi connectivity index (χ0n) is 14.3. The van der Waals surface area contributed by atoms with Gasteiger partial charge < -0.3 is 14.5 Å². The van der Waals surface area contributed by atoms with Gasteiger partial charge in [-0.15, -0.1) is 0 Å². The van der Waals surface area contributed by atoms with Gasteiger partial charge in [-0.05, 0) is 44.2 Å². The van der Waals surface area contributed by atoms with Gasteiger partial charge in [0.15, 0.2) is 5.82 Å². The van der Waals surface area contributed by atoms with Gasteiger partial charge >= 0.3 is 0 Å². The SMILES string of the molecule is CC[C@]1(O)CCC[C@H]2CN(c3ccc(-c4nc(C)no4)cn3)C[C@H]21. The van der Waals surface area contributed by atoms with Crippen LogP contribution in [0.4, 0.5) is 5.82 Å². The summed E-state index contributed by atoms with van der Waals surface area (Å²) in [5.74, 6) is 3.02. The van der Waals surface area contributed by atoms with E-state index in [-0.39, 0.29) is 0 Å². The van der Waals surface area contributed by atoms with Crippen LogP contribution in [0.2, 0.25) is 0 Å². The predicted molar refractivity (Wildman–Crippen MR) is 90.6 cm³/mol. The Morgan fingerprint density at radius 3 is 2.92 bits per heavy atom. The number of hydrogen-bond acceptors (Lipinski definition) is 6. The highest BCUT2D eigenvalue weighted by Gasteiger charge is 2.47. The average Bonchev–Trinajstić information content (AvgIpc) is 3.22. The third-order valence-electron chi connectivity index (χ3n) is 5.77. The Balaban J connectivity index is 1.53. The molecule has 0 spiro atoms. The van der Waals surface area contributed by atoms with Crippen LogP contribution >= 0.6 is 0 Å². The molecule has 2 fully saturated rings. The van der Waals surface area contributed by atoms with Crippen LogP contribution in [0.25, 0.3) is 11.5 Å². The highest BCUT2D eigenvalue weighted by molar-refractivity contribution is 5.55. The monoisotopic (exact) mass is 328 g/mol. The number of aromatic nitrogens is 3. The summed E-state index contributed by atoms with van der Waals surface area (Å²) in [6.45, 7) is 5.78. The topological polar surface area (TPSA) is 75.3 Å². The Kier molecular flexibility index (Phi) is 3.79. The van der Waals surface area contributed by atoms with E-state index in [0.29, 0.717) is 23.6 Å². The average molecular weight is 328 g/mol. The van der Waals surface area contributed by atoms with Crippen molar-refractivity contribution >= 4 is 5.82 Å². The molecule has 0 aromatic carbocycles. The maximum Gasteiger partial charge on any atom is 0.259 e. The van der Waals surface area contributed by atoms with Crippen LogP contribution in [0.5, 0.6) is 0 Å². The van der Waals surface area contributed by atoms with Gasteiger partial charge in [0.25, 0.3) is 5.89 Å². The molecule has 4 rings (SSSR count). The van der Waals surface area contributed by atoms with Gasteiger partial charge in [0.2, 0.25) is 0 Å². The van der Waals surface area contributed by atoms with E-state index in [2.05, 4.69) is 26.9 Å². The summed E-state index contributed by atoms with van der Waals surface area (Å²) >= 11 is 0. The second-order valence-corrected chi connectivity index (χ2v) is 7.17.